The Bertz CT molecular complexity index is 1430. The predicted octanol–water partition coefficient (Wildman–Crippen LogP) is 5.58. The fourth-order valence-electron chi connectivity index (χ4n) is 4.89. The van der Waals surface area contributed by atoms with Crippen LogP contribution in [0.25, 0.3) is 38.9 Å². The minimum absolute atomic E-state index is 0.0452. The fourth-order valence-corrected chi connectivity index (χ4v) is 4.89. The molecule has 0 radical (unpaired) electrons. The van der Waals surface area contributed by atoms with Crippen LogP contribution in [0.3, 0.4) is 0 Å². The zero-order valence-corrected chi connectivity index (χ0v) is 16.6. The van der Waals surface area contributed by atoms with Crippen LogP contribution in [-0.2, 0) is 5.41 Å². The molecule has 0 spiro atoms. The van der Waals surface area contributed by atoms with E-state index in [0.29, 0.717) is 5.95 Å². The summed E-state index contributed by atoms with van der Waals surface area (Å²) in [7, 11) is 0. The van der Waals surface area contributed by atoms with Crippen LogP contribution in [0, 0.1) is 6.92 Å². The predicted molar refractivity (Wildman–Crippen MR) is 116 cm³/mol. The van der Waals surface area contributed by atoms with Gasteiger partial charge >= 0.3 is 0 Å². The van der Waals surface area contributed by atoms with E-state index in [1.54, 1.807) is 12.7 Å². The fraction of sp³-hybridized carbons (Fsp3) is 0.160. The van der Waals surface area contributed by atoms with Crippen LogP contribution in [0.1, 0.15) is 30.5 Å². The van der Waals surface area contributed by atoms with Crippen molar-refractivity contribution in [3.63, 3.8) is 0 Å². The van der Waals surface area contributed by atoms with Gasteiger partial charge in [0.05, 0.1) is 11.0 Å². The molecule has 29 heavy (non-hydrogen) atoms. The summed E-state index contributed by atoms with van der Waals surface area (Å²) in [5.74, 6) is 0.650. The van der Waals surface area contributed by atoms with E-state index in [1.165, 1.54) is 38.6 Å². The number of benzene rings is 3. The molecule has 0 amide bonds. The van der Waals surface area contributed by atoms with E-state index in [4.69, 9.17) is 0 Å². The molecule has 140 valence electrons. The number of aromatic nitrogens is 4. The largest absolute Gasteiger partial charge is 0.278 e. The molecule has 0 aliphatic heterocycles. The van der Waals surface area contributed by atoms with Crippen molar-refractivity contribution < 1.29 is 0 Å². The van der Waals surface area contributed by atoms with Gasteiger partial charge in [0.2, 0.25) is 5.95 Å². The van der Waals surface area contributed by atoms with Crippen molar-refractivity contribution in [3.8, 4) is 17.1 Å². The van der Waals surface area contributed by atoms with E-state index in [1.807, 2.05) is 0 Å². The third-order valence-electron chi connectivity index (χ3n) is 6.30. The van der Waals surface area contributed by atoms with Gasteiger partial charge in [-0.25, -0.2) is 15.0 Å². The first-order chi connectivity index (χ1) is 14.1. The van der Waals surface area contributed by atoms with Gasteiger partial charge < -0.3 is 0 Å². The van der Waals surface area contributed by atoms with E-state index in [9.17, 15) is 0 Å². The molecule has 4 nitrogen and oxygen atoms in total. The third kappa shape index (κ3) is 2.11. The molecular formula is C25H20N4. The van der Waals surface area contributed by atoms with E-state index in [-0.39, 0.29) is 5.41 Å². The molecule has 1 aliphatic rings. The summed E-state index contributed by atoms with van der Waals surface area (Å²) in [4.78, 5) is 12.9. The summed E-state index contributed by atoms with van der Waals surface area (Å²) in [6, 6.07) is 20.0. The maximum Gasteiger partial charge on any atom is 0.237 e. The van der Waals surface area contributed by atoms with Gasteiger partial charge in [-0.2, -0.15) is 0 Å². The number of rotatable bonds is 1. The molecule has 2 heterocycles. The number of nitrogens with zero attached hydrogens (tertiary/aromatic N) is 4. The van der Waals surface area contributed by atoms with E-state index >= 15 is 0 Å². The minimum atomic E-state index is -0.0452. The summed E-state index contributed by atoms with van der Waals surface area (Å²) in [6.07, 6.45) is 3.11. The normalized spacial score (nSPS) is 14.3. The average Bonchev–Trinajstić information content (AvgIpc) is 3.17. The standard InChI is InChI=1S/C25H20N4/c1-15-8-9-22-18(10-15)19-11-17-16-6-4-5-7-20(16)25(2,3)21(17)12-23(19)29(22)24-27-13-26-14-28-24/h4-14H,1-3H3. The molecule has 5 aromatic rings. The van der Waals surface area contributed by atoms with Crippen LogP contribution < -0.4 is 0 Å². The summed E-state index contributed by atoms with van der Waals surface area (Å²) >= 11 is 0. The monoisotopic (exact) mass is 376 g/mol. The second-order valence-electron chi connectivity index (χ2n) is 8.38. The maximum atomic E-state index is 4.45. The van der Waals surface area contributed by atoms with Crippen LogP contribution in [-0.4, -0.2) is 19.5 Å². The second kappa shape index (κ2) is 5.51. The molecule has 0 fully saturated rings. The van der Waals surface area contributed by atoms with Gasteiger partial charge in [-0.05, 0) is 53.4 Å². The Labute approximate surface area is 168 Å². The minimum Gasteiger partial charge on any atom is -0.278 e. The van der Waals surface area contributed by atoms with Gasteiger partial charge in [0.25, 0.3) is 0 Å². The van der Waals surface area contributed by atoms with Crippen LogP contribution in [0.5, 0.6) is 0 Å². The number of aryl methyl sites for hydroxylation is 1. The first kappa shape index (κ1) is 16.4. The summed E-state index contributed by atoms with van der Waals surface area (Å²) < 4.78 is 2.16. The number of fused-ring (bicyclic) bond motifs is 6. The Kier molecular flexibility index (Phi) is 3.12. The van der Waals surface area contributed by atoms with Gasteiger partial charge in [0.15, 0.2) is 0 Å². The van der Waals surface area contributed by atoms with Gasteiger partial charge in [-0.15, -0.1) is 0 Å². The zero-order valence-electron chi connectivity index (χ0n) is 16.6. The Morgan fingerprint density at radius 3 is 2.34 bits per heavy atom. The molecule has 0 saturated heterocycles. The zero-order chi connectivity index (χ0) is 19.8. The summed E-state index contributed by atoms with van der Waals surface area (Å²) in [5, 5.41) is 2.46. The molecular weight excluding hydrogens is 356 g/mol. The van der Waals surface area contributed by atoms with Crippen molar-refractivity contribution in [2.45, 2.75) is 26.2 Å². The quantitative estimate of drug-likeness (QED) is 0.383. The van der Waals surface area contributed by atoms with Crippen molar-refractivity contribution >= 4 is 21.8 Å². The van der Waals surface area contributed by atoms with E-state index in [0.717, 1.165) is 11.0 Å². The first-order valence-electron chi connectivity index (χ1n) is 9.87. The van der Waals surface area contributed by atoms with Crippen molar-refractivity contribution in [1.29, 1.82) is 0 Å². The molecule has 4 heteroatoms. The van der Waals surface area contributed by atoms with Gasteiger partial charge in [-0.3, -0.25) is 4.57 Å². The van der Waals surface area contributed by atoms with Crippen LogP contribution in [0.2, 0.25) is 0 Å². The van der Waals surface area contributed by atoms with Gasteiger partial charge in [0.1, 0.15) is 12.7 Å². The average molecular weight is 376 g/mol. The first-order valence-corrected chi connectivity index (χ1v) is 9.87. The third-order valence-corrected chi connectivity index (χ3v) is 6.30. The molecule has 0 N–H and O–H groups in total. The van der Waals surface area contributed by atoms with Gasteiger partial charge in [-0.1, -0.05) is 49.7 Å². The highest BCUT2D eigenvalue weighted by Gasteiger charge is 2.36. The van der Waals surface area contributed by atoms with Gasteiger partial charge in [0, 0.05) is 16.2 Å². The van der Waals surface area contributed by atoms with Crippen LogP contribution >= 0.6 is 0 Å². The molecule has 1 aliphatic carbocycles. The Morgan fingerprint density at radius 1 is 0.759 bits per heavy atom. The smallest absolute Gasteiger partial charge is 0.237 e. The van der Waals surface area contributed by atoms with E-state index in [2.05, 4.69) is 94.9 Å². The lowest BCUT2D eigenvalue weighted by molar-refractivity contribution is 0.661. The molecule has 0 atom stereocenters. The highest BCUT2D eigenvalue weighted by molar-refractivity contribution is 6.11. The molecule has 0 bridgehead atoms. The molecule has 3 aromatic carbocycles. The number of hydrogen-bond donors (Lipinski definition) is 0. The SMILES string of the molecule is Cc1ccc2c(c1)c1cc3c(cc1n2-c1ncncn1)C(C)(C)c1ccccc1-3. The van der Waals surface area contributed by atoms with Crippen LogP contribution in [0.15, 0.2) is 67.3 Å². The van der Waals surface area contributed by atoms with Crippen molar-refractivity contribution in [2.75, 3.05) is 0 Å². The summed E-state index contributed by atoms with van der Waals surface area (Å²) in [5.41, 5.74) is 8.85. The molecule has 2 aromatic heterocycles. The molecule has 0 saturated carbocycles. The van der Waals surface area contributed by atoms with Crippen molar-refractivity contribution in [2.24, 2.45) is 0 Å². The highest BCUT2D eigenvalue weighted by atomic mass is 15.2. The Balaban J connectivity index is 1.80. The lowest BCUT2D eigenvalue weighted by Gasteiger charge is -2.21. The van der Waals surface area contributed by atoms with Crippen molar-refractivity contribution in [1.82, 2.24) is 19.5 Å². The number of hydrogen-bond acceptors (Lipinski definition) is 3. The van der Waals surface area contributed by atoms with Crippen LogP contribution in [0.4, 0.5) is 0 Å². The Morgan fingerprint density at radius 2 is 1.52 bits per heavy atom. The molecule has 0 unspecified atom stereocenters. The highest BCUT2D eigenvalue weighted by Crippen LogP contribution is 2.50. The summed E-state index contributed by atoms with van der Waals surface area (Å²) in [6.45, 7) is 6.75. The molecule has 6 rings (SSSR count). The topological polar surface area (TPSA) is 43.6 Å². The van der Waals surface area contributed by atoms with Crippen molar-refractivity contribution in [3.05, 3.63) is 83.9 Å². The Hall–Kier alpha value is -3.53. The lowest BCUT2D eigenvalue weighted by atomic mass is 9.82. The second-order valence-corrected chi connectivity index (χ2v) is 8.38. The van der Waals surface area contributed by atoms with E-state index < -0.39 is 0 Å². The maximum absolute atomic E-state index is 4.45. The lowest BCUT2D eigenvalue weighted by Crippen LogP contribution is -2.15.